The van der Waals surface area contributed by atoms with Crippen molar-refractivity contribution < 1.29 is 9.47 Å². The third kappa shape index (κ3) is 10.8. The van der Waals surface area contributed by atoms with E-state index in [1.807, 2.05) is 20.8 Å². The summed E-state index contributed by atoms with van der Waals surface area (Å²) in [6.07, 6.45) is 0. The zero-order valence-corrected chi connectivity index (χ0v) is 13.8. The molecule has 0 bridgehead atoms. The summed E-state index contributed by atoms with van der Waals surface area (Å²) in [7, 11) is 3.38. The van der Waals surface area contributed by atoms with Gasteiger partial charge in [-0.3, -0.25) is 4.99 Å². The van der Waals surface area contributed by atoms with Crippen molar-refractivity contribution >= 4 is 29.9 Å². The molecule has 2 N–H and O–H groups in total. The minimum atomic E-state index is -0.233. The minimum Gasteiger partial charge on any atom is -0.383 e. The van der Waals surface area contributed by atoms with E-state index in [-0.39, 0.29) is 29.6 Å². The first-order valence-electron chi connectivity index (χ1n) is 5.62. The molecule has 0 aliphatic rings. The summed E-state index contributed by atoms with van der Waals surface area (Å²) < 4.78 is 10.3. The first kappa shape index (κ1) is 19.3. The van der Waals surface area contributed by atoms with E-state index >= 15 is 0 Å². The molecule has 0 saturated carbocycles. The lowest BCUT2D eigenvalue weighted by atomic mass is 10.1. The molecule has 0 atom stereocenters. The van der Waals surface area contributed by atoms with E-state index in [9.17, 15) is 0 Å². The molecule has 0 saturated heterocycles. The van der Waals surface area contributed by atoms with Gasteiger partial charge in [-0.05, 0) is 20.8 Å². The van der Waals surface area contributed by atoms with Crippen molar-refractivity contribution in [2.75, 3.05) is 40.5 Å². The Hall–Kier alpha value is -0.0800. The van der Waals surface area contributed by atoms with E-state index in [0.29, 0.717) is 13.2 Å². The molecule has 0 rings (SSSR count). The maximum absolute atomic E-state index is 5.30. The molecule has 6 heteroatoms. The fourth-order valence-corrected chi connectivity index (χ4v) is 0.947. The van der Waals surface area contributed by atoms with Gasteiger partial charge in [-0.25, -0.2) is 0 Å². The molecule has 0 amide bonds. The van der Waals surface area contributed by atoms with Gasteiger partial charge in [0.1, 0.15) is 0 Å². The molecule has 0 aromatic rings. The normalized spacial score (nSPS) is 11.9. The van der Waals surface area contributed by atoms with Gasteiger partial charge in [-0.2, -0.15) is 0 Å². The van der Waals surface area contributed by atoms with E-state index in [2.05, 4.69) is 15.6 Å². The van der Waals surface area contributed by atoms with E-state index in [4.69, 9.17) is 9.47 Å². The zero-order chi connectivity index (χ0) is 12.4. The van der Waals surface area contributed by atoms with Crippen molar-refractivity contribution in [3.05, 3.63) is 0 Å². The van der Waals surface area contributed by atoms with Crippen LogP contribution in [0.4, 0.5) is 0 Å². The molecule has 5 nitrogen and oxygen atoms in total. The number of nitrogens with zero attached hydrogens (tertiary/aromatic N) is 1. The van der Waals surface area contributed by atoms with Crippen LogP contribution in [0.25, 0.3) is 0 Å². The Labute approximate surface area is 122 Å². The smallest absolute Gasteiger partial charge is 0.191 e. The SMILES string of the molecule is CCNC(=NCC(C)(C)OC)NCCOC.I. The van der Waals surface area contributed by atoms with Crippen LogP contribution in [0.15, 0.2) is 4.99 Å². The third-order valence-electron chi connectivity index (χ3n) is 2.11. The summed E-state index contributed by atoms with van der Waals surface area (Å²) >= 11 is 0. The Morgan fingerprint density at radius 2 is 1.88 bits per heavy atom. The summed E-state index contributed by atoms with van der Waals surface area (Å²) in [6.45, 7) is 8.92. The molecule has 0 aliphatic heterocycles. The number of aliphatic imine (C=N–C) groups is 1. The average Bonchev–Trinajstić information content (AvgIpc) is 2.26. The molecule has 0 spiro atoms. The van der Waals surface area contributed by atoms with Crippen molar-refractivity contribution in [3.8, 4) is 0 Å². The summed E-state index contributed by atoms with van der Waals surface area (Å²) in [6, 6.07) is 0. The van der Waals surface area contributed by atoms with Crippen LogP contribution in [-0.2, 0) is 9.47 Å². The quantitative estimate of drug-likeness (QED) is 0.311. The maximum atomic E-state index is 5.30. The van der Waals surface area contributed by atoms with Crippen LogP contribution in [0, 0.1) is 0 Å². The molecule has 17 heavy (non-hydrogen) atoms. The van der Waals surface area contributed by atoms with E-state index in [1.54, 1.807) is 14.2 Å². The molecule has 0 heterocycles. The Morgan fingerprint density at radius 1 is 1.24 bits per heavy atom. The Morgan fingerprint density at radius 3 is 2.35 bits per heavy atom. The highest BCUT2D eigenvalue weighted by molar-refractivity contribution is 14.0. The Balaban J connectivity index is 0. The fraction of sp³-hybridized carbons (Fsp3) is 0.909. The molecule has 0 aliphatic carbocycles. The average molecular weight is 359 g/mol. The molecular formula is C11H26IN3O2. The van der Waals surface area contributed by atoms with Gasteiger partial charge < -0.3 is 20.1 Å². The second-order valence-corrected chi connectivity index (χ2v) is 4.08. The van der Waals surface area contributed by atoms with Crippen molar-refractivity contribution in [1.82, 2.24) is 10.6 Å². The Kier molecular flexibility index (Phi) is 12.5. The molecule has 0 unspecified atom stereocenters. The highest BCUT2D eigenvalue weighted by Crippen LogP contribution is 2.06. The number of rotatable bonds is 7. The lowest BCUT2D eigenvalue weighted by molar-refractivity contribution is 0.0310. The predicted octanol–water partition coefficient (Wildman–Crippen LogP) is 1.23. The van der Waals surface area contributed by atoms with Crippen molar-refractivity contribution in [3.63, 3.8) is 0 Å². The summed E-state index contributed by atoms with van der Waals surface area (Å²) in [4.78, 5) is 4.44. The number of ether oxygens (including phenoxy) is 2. The fourth-order valence-electron chi connectivity index (χ4n) is 0.947. The van der Waals surface area contributed by atoms with Gasteiger partial charge in [0.25, 0.3) is 0 Å². The largest absolute Gasteiger partial charge is 0.383 e. The molecule has 104 valence electrons. The third-order valence-corrected chi connectivity index (χ3v) is 2.11. The molecule has 0 fully saturated rings. The van der Waals surface area contributed by atoms with Crippen molar-refractivity contribution in [2.45, 2.75) is 26.4 Å². The zero-order valence-electron chi connectivity index (χ0n) is 11.5. The van der Waals surface area contributed by atoms with Crippen LogP contribution in [0.5, 0.6) is 0 Å². The highest BCUT2D eigenvalue weighted by Gasteiger charge is 2.15. The van der Waals surface area contributed by atoms with Crippen LogP contribution in [0.1, 0.15) is 20.8 Å². The van der Waals surface area contributed by atoms with E-state index in [1.165, 1.54) is 0 Å². The second kappa shape index (κ2) is 11.0. The first-order valence-corrected chi connectivity index (χ1v) is 5.62. The van der Waals surface area contributed by atoms with E-state index < -0.39 is 0 Å². The van der Waals surface area contributed by atoms with Gasteiger partial charge >= 0.3 is 0 Å². The first-order chi connectivity index (χ1) is 7.55. The number of nitrogens with one attached hydrogen (secondary N) is 2. The summed E-state index contributed by atoms with van der Waals surface area (Å²) in [5.74, 6) is 0.796. The predicted molar refractivity (Wildman–Crippen MR) is 82.4 cm³/mol. The highest BCUT2D eigenvalue weighted by atomic mass is 127. The van der Waals surface area contributed by atoms with Crippen molar-refractivity contribution in [2.24, 2.45) is 4.99 Å². The summed E-state index contributed by atoms with van der Waals surface area (Å²) in [5, 5.41) is 6.34. The molecular weight excluding hydrogens is 333 g/mol. The number of hydrogen-bond acceptors (Lipinski definition) is 3. The number of guanidine groups is 1. The van der Waals surface area contributed by atoms with Gasteiger partial charge in [0.05, 0.1) is 18.8 Å². The lowest BCUT2D eigenvalue weighted by Crippen LogP contribution is -2.40. The second-order valence-electron chi connectivity index (χ2n) is 4.08. The molecule has 0 aromatic heterocycles. The lowest BCUT2D eigenvalue weighted by Gasteiger charge is -2.21. The van der Waals surface area contributed by atoms with Gasteiger partial charge in [0.15, 0.2) is 5.96 Å². The molecule has 0 radical (unpaired) electrons. The number of halogens is 1. The maximum Gasteiger partial charge on any atom is 0.191 e. The number of methoxy groups -OCH3 is 2. The van der Waals surface area contributed by atoms with Gasteiger partial charge in [-0.1, -0.05) is 0 Å². The van der Waals surface area contributed by atoms with Crippen LogP contribution in [0.3, 0.4) is 0 Å². The van der Waals surface area contributed by atoms with Gasteiger partial charge in [-0.15, -0.1) is 24.0 Å². The van der Waals surface area contributed by atoms with Gasteiger partial charge in [0, 0.05) is 27.3 Å². The molecule has 0 aromatic carbocycles. The minimum absolute atomic E-state index is 0. The monoisotopic (exact) mass is 359 g/mol. The standard InChI is InChI=1S/C11H25N3O2.HI/c1-6-12-10(13-7-8-15-4)14-9-11(2,3)16-5;/h6-9H2,1-5H3,(H2,12,13,14);1H. The van der Waals surface area contributed by atoms with Crippen LogP contribution < -0.4 is 10.6 Å². The number of hydrogen-bond donors (Lipinski definition) is 2. The van der Waals surface area contributed by atoms with E-state index in [0.717, 1.165) is 19.0 Å². The van der Waals surface area contributed by atoms with Gasteiger partial charge in [0.2, 0.25) is 0 Å². The van der Waals surface area contributed by atoms with Crippen LogP contribution in [-0.4, -0.2) is 52.0 Å². The topological polar surface area (TPSA) is 54.9 Å². The van der Waals surface area contributed by atoms with Crippen LogP contribution in [0.2, 0.25) is 0 Å². The summed E-state index contributed by atoms with van der Waals surface area (Å²) in [5.41, 5.74) is -0.233. The van der Waals surface area contributed by atoms with Crippen molar-refractivity contribution in [1.29, 1.82) is 0 Å². The Bertz CT molecular complexity index is 211. The van der Waals surface area contributed by atoms with Crippen LogP contribution >= 0.6 is 24.0 Å².